The van der Waals surface area contributed by atoms with Gasteiger partial charge in [-0.2, -0.15) is 5.10 Å². The first-order chi connectivity index (χ1) is 12.9. The second-order valence-corrected chi connectivity index (χ2v) is 6.11. The van der Waals surface area contributed by atoms with Crippen LogP contribution in [0.2, 0.25) is 0 Å². The van der Waals surface area contributed by atoms with Crippen LogP contribution < -0.4 is 10.1 Å². The molecule has 1 aromatic carbocycles. The molecule has 26 heavy (non-hydrogen) atoms. The van der Waals surface area contributed by atoms with Gasteiger partial charge >= 0.3 is 0 Å². The summed E-state index contributed by atoms with van der Waals surface area (Å²) in [7, 11) is 0. The molecular formula is C18H16N6O2. The summed E-state index contributed by atoms with van der Waals surface area (Å²) in [5.74, 6) is 1.35. The molecule has 8 heteroatoms. The van der Waals surface area contributed by atoms with E-state index in [4.69, 9.17) is 9.47 Å². The average molecular weight is 348 g/mol. The van der Waals surface area contributed by atoms with Crippen molar-refractivity contribution in [2.24, 2.45) is 0 Å². The lowest BCUT2D eigenvalue weighted by Crippen LogP contribution is -2.16. The highest BCUT2D eigenvalue weighted by molar-refractivity contribution is 5.91. The minimum atomic E-state index is 0.0702. The summed E-state index contributed by atoms with van der Waals surface area (Å²) in [4.78, 5) is 12.9. The number of ether oxygens (including phenoxy) is 2. The number of anilines is 2. The molecule has 1 atom stereocenters. The topological polar surface area (TPSA) is 97.8 Å². The third-order valence-corrected chi connectivity index (χ3v) is 4.35. The number of fused-ring (bicyclic) bond motifs is 2. The second kappa shape index (κ2) is 6.23. The van der Waals surface area contributed by atoms with Gasteiger partial charge in [0, 0.05) is 36.1 Å². The minimum Gasteiger partial charge on any atom is -0.471 e. The smallest absolute Gasteiger partial charge is 0.221 e. The average Bonchev–Trinajstić information content (AvgIpc) is 3.32. The van der Waals surface area contributed by atoms with Crippen LogP contribution in [0.5, 0.6) is 5.88 Å². The van der Waals surface area contributed by atoms with E-state index >= 15 is 0 Å². The molecule has 0 radical (unpaired) electrons. The number of benzene rings is 1. The van der Waals surface area contributed by atoms with E-state index < -0.39 is 0 Å². The first-order valence-electron chi connectivity index (χ1n) is 8.42. The number of pyridine rings is 1. The van der Waals surface area contributed by atoms with Crippen molar-refractivity contribution in [1.29, 1.82) is 0 Å². The molecule has 1 saturated heterocycles. The predicted molar refractivity (Wildman–Crippen MR) is 96.6 cm³/mol. The van der Waals surface area contributed by atoms with Crippen LogP contribution in [-0.2, 0) is 4.74 Å². The van der Waals surface area contributed by atoms with Crippen molar-refractivity contribution in [3.8, 4) is 5.88 Å². The fourth-order valence-electron chi connectivity index (χ4n) is 3.07. The Morgan fingerprint density at radius 3 is 3.00 bits per heavy atom. The van der Waals surface area contributed by atoms with Gasteiger partial charge in [0.15, 0.2) is 11.3 Å². The van der Waals surface area contributed by atoms with Crippen LogP contribution in [0.15, 0.2) is 42.9 Å². The van der Waals surface area contributed by atoms with Crippen LogP contribution in [0.1, 0.15) is 6.42 Å². The Bertz CT molecular complexity index is 1070. The van der Waals surface area contributed by atoms with Crippen molar-refractivity contribution in [2.45, 2.75) is 12.5 Å². The number of aromatic nitrogens is 5. The number of aromatic amines is 1. The van der Waals surface area contributed by atoms with Crippen LogP contribution in [0.25, 0.3) is 21.9 Å². The first kappa shape index (κ1) is 15.0. The van der Waals surface area contributed by atoms with E-state index in [1.54, 1.807) is 18.6 Å². The fraction of sp³-hybridized carbons (Fsp3) is 0.222. The third-order valence-electron chi connectivity index (χ3n) is 4.35. The first-order valence-corrected chi connectivity index (χ1v) is 8.42. The van der Waals surface area contributed by atoms with Crippen molar-refractivity contribution >= 4 is 33.4 Å². The van der Waals surface area contributed by atoms with E-state index in [1.165, 1.54) is 0 Å². The summed E-state index contributed by atoms with van der Waals surface area (Å²) in [5.41, 5.74) is 2.19. The number of rotatable bonds is 4. The highest BCUT2D eigenvalue weighted by Gasteiger charge is 2.19. The zero-order chi connectivity index (χ0) is 17.3. The maximum Gasteiger partial charge on any atom is 0.221 e. The van der Waals surface area contributed by atoms with E-state index in [9.17, 15) is 0 Å². The standard InChI is InChI=1S/C18H16N6O2/c1-2-14-11(3-5-21-18(14)26-13-4-8-25-10-13)9-12(1)22-17-15-16(23-24-17)20-7-6-19-15/h1-3,5-7,9,13H,4,8,10H2,(H2,20,22,23,24)/t13-/m0/s1. The van der Waals surface area contributed by atoms with Crippen LogP contribution in [0.3, 0.4) is 0 Å². The van der Waals surface area contributed by atoms with E-state index in [-0.39, 0.29) is 6.10 Å². The minimum absolute atomic E-state index is 0.0702. The van der Waals surface area contributed by atoms with Crippen LogP contribution in [0, 0.1) is 0 Å². The fourth-order valence-corrected chi connectivity index (χ4v) is 3.07. The summed E-state index contributed by atoms with van der Waals surface area (Å²) in [6, 6.07) is 7.98. The van der Waals surface area contributed by atoms with Gasteiger partial charge in [0.05, 0.1) is 13.2 Å². The monoisotopic (exact) mass is 348 g/mol. The highest BCUT2D eigenvalue weighted by atomic mass is 16.5. The molecule has 1 aliphatic heterocycles. The van der Waals surface area contributed by atoms with Gasteiger partial charge in [-0.15, -0.1) is 0 Å². The van der Waals surface area contributed by atoms with Gasteiger partial charge in [0.2, 0.25) is 11.5 Å². The van der Waals surface area contributed by atoms with E-state index in [2.05, 4.69) is 30.5 Å². The van der Waals surface area contributed by atoms with Gasteiger partial charge in [-0.3, -0.25) is 5.10 Å². The van der Waals surface area contributed by atoms with E-state index in [0.717, 1.165) is 29.5 Å². The third kappa shape index (κ3) is 2.70. The predicted octanol–water partition coefficient (Wildman–Crippen LogP) is 2.81. The molecule has 0 saturated carbocycles. The van der Waals surface area contributed by atoms with Gasteiger partial charge in [0.25, 0.3) is 0 Å². The molecule has 0 aliphatic carbocycles. The van der Waals surface area contributed by atoms with Crippen LogP contribution >= 0.6 is 0 Å². The molecule has 0 bridgehead atoms. The molecule has 0 spiro atoms. The van der Waals surface area contributed by atoms with Crippen LogP contribution in [-0.4, -0.2) is 44.5 Å². The molecule has 0 unspecified atom stereocenters. The van der Waals surface area contributed by atoms with Gasteiger partial charge < -0.3 is 14.8 Å². The Kier molecular flexibility index (Phi) is 3.60. The van der Waals surface area contributed by atoms with Crippen molar-refractivity contribution in [3.05, 3.63) is 42.9 Å². The maximum atomic E-state index is 6.00. The Hall–Kier alpha value is -3.26. The Balaban J connectivity index is 1.46. The molecule has 4 aromatic rings. The normalized spacial score (nSPS) is 17.0. The molecule has 0 amide bonds. The zero-order valence-electron chi connectivity index (χ0n) is 13.8. The van der Waals surface area contributed by atoms with Gasteiger partial charge in [-0.25, -0.2) is 15.0 Å². The second-order valence-electron chi connectivity index (χ2n) is 6.11. The number of hydrogen-bond acceptors (Lipinski definition) is 7. The van der Waals surface area contributed by atoms with E-state index in [1.807, 2.05) is 24.3 Å². The molecule has 2 N–H and O–H groups in total. The lowest BCUT2D eigenvalue weighted by molar-refractivity contribution is 0.139. The lowest BCUT2D eigenvalue weighted by atomic mass is 10.1. The lowest BCUT2D eigenvalue weighted by Gasteiger charge is -2.13. The van der Waals surface area contributed by atoms with E-state index in [0.29, 0.717) is 29.5 Å². The summed E-state index contributed by atoms with van der Waals surface area (Å²) in [5, 5.41) is 12.4. The molecule has 1 aliphatic rings. The quantitative estimate of drug-likeness (QED) is 0.585. The zero-order valence-corrected chi connectivity index (χ0v) is 13.8. The largest absolute Gasteiger partial charge is 0.471 e. The Morgan fingerprint density at radius 1 is 1.12 bits per heavy atom. The maximum absolute atomic E-state index is 6.00. The number of nitrogens with zero attached hydrogens (tertiary/aromatic N) is 4. The Morgan fingerprint density at radius 2 is 2.08 bits per heavy atom. The molecule has 130 valence electrons. The summed E-state index contributed by atoms with van der Waals surface area (Å²) in [6.07, 6.45) is 5.99. The molecule has 5 rings (SSSR count). The number of H-pyrrole nitrogens is 1. The number of hydrogen-bond donors (Lipinski definition) is 2. The van der Waals surface area contributed by atoms with Crippen LogP contribution in [0.4, 0.5) is 11.5 Å². The molecular weight excluding hydrogens is 332 g/mol. The van der Waals surface area contributed by atoms with Gasteiger partial charge in [-0.05, 0) is 29.7 Å². The van der Waals surface area contributed by atoms with Crippen molar-refractivity contribution in [1.82, 2.24) is 25.1 Å². The van der Waals surface area contributed by atoms with Gasteiger partial charge in [0.1, 0.15) is 6.10 Å². The summed E-state index contributed by atoms with van der Waals surface area (Å²) < 4.78 is 11.4. The highest BCUT2D eigenvalue weighted by Crippen LogP contribution is 2.29. The molecule has 4 heterocycles. The summed E-state index contributed by atoms with van der Waals surface area (Å²) >= 11 is 0. The number of nitrogens with one attached hydrogen (secondary N) is 2. The van der Waals surface area contributed by atoms with Crippen molar-refractivity contribution in [2.75, 3.05) is 18.5 Å². The van der Waals surface area contributed by atoms with Crippen molar-refractivity contribution < 1.29 is 9.47 Å². The Labute approximate surface area is 148 Å². The molecule has 8 nitrogen and oxygen atoms in total. The molecule has 1 fully saturated rings. The van der Waals surface area contributed by atoms with Gasteiger partial charge in [-0.1, -0.05) is 0 Å². The summed E-state index contributed by atoms with van der Waals surface area (Å²) in [6.45, 7) is 1.36. The SMILES string of the molecule is c1cc2cc(Nc3[nH]nc4nccnc34)ccc2c(O[C@H]2CCOC2)n1. The van der Waals surface area contributed by atoms with Crippen molar-refractivity contribution in [3.63, 3.8) is 0 Å². The molecule has 3 aromatic heterocycles.